The number of nitrogen functional groups attached to an aromatic ring is 1. The lowest BCUT2D eigenvalue weighted by Crippen LogP contribution is -2.01. The Balaban J connectivity index is 0.00000106. The van der Waals surface area contributed by atoms with Crippen LogP contribution in [0.2, 0.25) is 0 Å². The van der Waals surface area contributed by atoms with Gasteiger partial charge in [-0.15, -0.1) is 0 Å². The van der Waals surface area contributed by atoms with Crippen LogP contribution in [0, 0.1) is 15.5 Å². The van der Waals surface area contributed by atoms with Gasteiger partial charge in [0, 0.05) is 23.0 Å². The van der Waals surface area contributed by atoms with Crippen molar-refractivity contribution in [3.63, 3.8) is 0 Å². The predicted octanol–water partition coefficient (Wildman–Crippen LogP) is 3.35. The summed E-state index contributed by atoms with van der Waals surface area (Å²) < 4.78 is 0.332. The Labute approximate surface area is 102 Å². The Bertz CT molecular complexity index is 379. The highest BCUT2D eigenvalue weighted by molar-refractivity contribution is 9.10. The largest absolute Gasteiger partial charge is 0.398 e. The van der Waals surface area contributed by atoms with Crippen LogP contribution in [0.4, 0.5) is 11.4 Å². The number of hydrogen-bond donors (Lipinski definition) is 2. The van der Waals surface area contributed by atoms with Crippen molar-refractivity contribution < 1.29 is 4.92 Å². The molecule has 1 aromatic rings. The Kier molecular flexibility index (Phi) is 5.66. The van der Waals surface area contributed by atoms with E-state index in [2.05, 4.69) is 15.9 Å². The summed E-state index contributed by atoms with van der Waals surface area (Å²) in [7, 11) is 0. The van der Waals surface area contributed by atoms with Crippen molar-refractivity contribution in [2.45, 2.75) is 20.8 Å². The summed E-state index contributed by atoms with van der Waals surface area (Å²) in [5.41, 5.74) is 6.49. The number of nitrogens with zero attached hydrogens (tertiary/aromatic N) is 1. The molecular weight excluding hydrogens is 274 g/mol. The van der Waals surface area contributed by atoms with Gasteiger partial charge in [-0.2, -0.15) is 0 Å². The van der Waals surface area contributed by atoms with E-state index in [1.807, 2.05) is 13.8 Å². The number of anilines is 1. The second-order valence-electron chi connectivity index (χ2n) is 2.77. The average Bonchev–Trinajstić information content (AvgIpc) is 2.23. The fourth-order valence-corrected chi connectivity index (χ4v) is 1.53. The van der Waals surface area contributed by atoms with E-state index in [-0.39, 0.29) is 17.1 Å². The van der Waals surface area contributed by atoms with Crippen LogP contribution in [0.25, 0.3) is 0 Å². The van der Waals surface area contributed by atoms with Gasteiger partial charge in [0.25, 0.3) is 5.69 Å². The first-order chi connectivity index (χ1) is 7.43. The molecule has 0 aliphatic carbocycles. The maximum atomic E-state index is 10.5. The van der Waals surface area contributed by atoms with Crippen LogP contribution in [0.3, 0.4) is 0 Å². The van der Waals surface area contributed by atoms with Crippen LogP contribution in [-0.2, 0) is 0 Å². The monoisotopic (exact) mass is 287 g/mol. The van der Waals surface area contributed by atoms with Crippen LogP contribution < -0.4 is 5.73 Å². The third-order valence-electron chi connectivity index (χ3n) is 1.72. The molecule has 0 aromatic heterocycles. The van der Waals surface area contributed by atoms with E-state index < -0.39 is 4.92 Å². The number of rotatable bonds is 2. The minimum atomic E-state index is -0.524. The number of nitro benzene ring substituents is 1. The molecule has 0 spiro atoms. The number of nitrogens with one attached hydrogen (secondary N) is 1. The van der Waals surface area contributed by atoms with Gasteiger partial charge in [-0.25, -0.2) is 0 Å². The lowest BCUT2D eigenvalue weighted by Gasteiger charge is -2.04. The van der Waals surface area contributed by atoms with Crippen LogP contribution in [0.15, 0.2) is 16.6 Å². The SMILES string of the molecule is CC.CC(=N)c1cc(Br)c([N+](=O)[O-])cc1N. The van der Waals surface area contributed by atoms with Crippen LogP contribution >= 0.6 is 15.9 Å². The van der Waals surface area contributed by atoms with Gasteiger partial charge in [0.2, 0.25) is 0 Å². The quantitative estimate of drug-likeness (QED) is 0.378. The molecule has 0 unspecified atom stereocenters. The molecule has 1 rings (SSSR count). The second kappa shape index (κ2) is 6.22. The molecule has 3 N–H and O–H groups in total. The van der Waals surface area contributed by atoms with Gasteiger partial charge < -0.3 is 11.1 Å². The van der Waals surface area contributed by atoms with Crippen LogP contribution in [0.1, 0.15) is 26.3 Å². The number of nitro groups is 1. The first-order valence-electron chi connectivity index (χ1n) is 4.72. The molecule has 5 nitrogen and oxygen atoms in total. The number of hydrogen-bond acceptors (Lipinski definition) is 4. The Morgan fingerprint density at radius 3 is 2.38 bits per heavy atom. The van der Waals surface area contributed by atoms with Crippen LogP contribution in [-0.4, -0.2) is 10.6 Å². The minimum Gasteiger partial charge on any atom is -0.398 e. The van der Waals surface area contributed by atoms with Crippen molar-refractivity contribution in [1.82, 2.24) is 0 Å². The molecular formula is C10H14BrN3O2. The fourth-order valence-electron chi connectivity index (χ4n) is 1.04. The Hall–Kier alpha value is -1.43. The zero-order chi connectivity index (χ0) is 12.9. The van der Waals surface area contributed by atoms with E-state index in [1.165, 1.54) is 12.1 Å². The molecule has 0 atom stereocenters. The van der Waals surface area contributed by atoms with Gasteiger partial charge in [-0.05, 0) is 28.9 Å². The highest BCUT2D eigenvalue weighted by Gasteiger charge is 2.15. The standard InChI is InChI=1S/C8H8BrN3O2.C2H6/c1-4(10)5-2-6(9)8(12(13)14)3-7(5)11;1-2/h2-3,10H,11H2,1H3;1-2H3. The van der Waals surface area contributed by atoms with E-state index in [9.17, 15) is 10.1 Å². The smallest absolute Gasteiger partial charge is 0.285 e. The van der Waals surface area contributed by atoms with Gasteiger partial charge in [-0.3, -0.25) is 10.1 Å². The van der Waals surface area contributed by atoms with Gasteiger partial charge in [0.1, 0.15) is 0 Å². The maximum absolute atomic E-state index is 10.5. The molecule has 0 amide bonds. The Morgan fingerprint density at radius 2 is 2.00 bits per heavy atom. The Morgan fingerprint density at radius 1 is 1.50 bits per heavy atom. The molecule has 0 heterocycles. The van der Waals surface area contributed by atoms with E-state index >= 15 is 0 Å². The number of nitrogens with two attached hydrogens (primary N) is 1. The first kappa shape index (κ1) is 14.6. The summed E-state index contributed by atoms with van der Waals surface area (Å²) in [6, 6.07) is 2.73. The topological polar surface area (TPSA) is 93.0 Å². The van der Waals surface area contributed by atoms with E-state index in [4.69, 9.17) is 11.1 Å². The normalized spacial score (nSPS) is 9.00. The molecule has 16 heavy (non-hydrogen) atoms. The van der Waals surface area contributed by atoms with Crippen molar-refractivity contribution in [3.8, 4) is 0 Å². The number of benzene rings is 1. The summed E-state index contributed by atoms with van der Waals surface area (Å²) >= 11 is 3.06. The zero-order valence-corrected chi connectivity index (χ0v) is 11.0. The second-order valence-corrected chi connectivity index (χ2v) is 3.63. The summed E-state index contributed by atoms with van der Waals surface area (Å²) in [6.45, 7) is 5.57. The molecule has 0 fully saturated rings. The van der Waals surface area contributed by atoms with Crippen molar-refractivity contribution in [3.05, 3.63) is 32.3 Å². The van der Waals surface area contributed by atoms with Crippen molar-refractivity contribution in [2.75, 3.05) is 5.73 Å². The van der Waals surface area contributed by atoms with Crippen LogP contribution in [0.5, 0.6) is 0 Å². The summed E-state index contributed by atoms with van der Waals surface area (Å²) in [6.07, 6.45) is 0. The average molecular weight is 288 g/mol. The van der Waals surface area contributed by atoms with Gasteiger partial charge >= 0.3 is 0 Å². The summed E-state index contributed by atoms with van der Waals surface area (Å²) in [4.78, 5) is 10.00. The summed E-state index contributed by atoms with van der Waals surface area (Å²) in [5.74, 6) is 0. The highest BCUT2D eigenvalue weighted by atomic mass is 79.9. The third kappa shape index (κ3) is 3.30. The molecule has 0 aliphatic rings. The van der Waals surface area contributed by atoms with Crippen molar-refractivity contribution in [2.24, 2.45) is 0 Å². The van der Waals surface area contributed by atoms with E-state index in [0.29, 0.717) is 10.0 Å². The molecule has 1 aromatic carbocycles. The molecule has 0 saturated heterocycles. The predicted molar refractivity (Wildman–Crippen MR) is 69.1 cm³/mol. The zero-order valence-electron chi connectivity index (χ0n) is 9.37. The van der Waals surface area contributed by atoms with Crippen molar-refractivity contribution >= 4 is 33.0 Å². The lowest BCUT2D eigenvalue weighted by atomic mass is 10.1. The van der Waals surface area contributed by atoms with Crippen molar-refractivity contribution in [1.29, 1.82) is 5.41 Å². The molecule has 0 bridgehead atoms. The molecule has 0 saturated carbocycles. The highest BCUT2D eigenvalue weighted by Crippen LogP contribution is 2.29. The minimum absolute atomic E-state index is 0.0903. The first-order valence-corrected chi connectivity index (χ1v) is 5.51. The van der Waals surface area contributed by atoms with Gasteiger partial charge in [0.15, 0.2) is 0 Å². The van der Waals surface area contributed by atoms with E-state index in [0.717, 1.165) is 0 Å². The molecule has 6 heteroatoms. The number of halogens is 1. The van der Waals surface area contributed by atoms with Gasteiger partial charge in [-0.1, -0.05) is 13.8 Å². The fraction of sp³-hybridized carbons (Fsp3) is 0.300. The maximum Gasteiger partial charge on any atom is 0.285 e. The van der Waals surface area contributed by atoms with Gasteiger partial charge in [0.05, 0.1) is 9.40 Å². The summed E-state index contributed by atoms with van der Waals surface area (Å²) in [5, 5.41) is 17.9. The molecule has 0 aliphatic heterocycles. The van der Waals surface area contributed by atoms with E-state index in [1.54, 1.807) is 6.92 Å². The molecule has 0 radical (unpaired) electrons. The lowest BCUT2D eigenvalue weighted by molar-refractivity contribution is -0.385. The third-order valence-corrected chi connectivity index (χ3v) is 2.35. The molecule has 88 valence electrons.